The van der Waals surface area contributed by atoms with E-state index in [1.807, 2.05) is 26.1 Å². The van der Waals surface area contributed by atoms with Gasteiger partial charge in [-0.1, -0.05) is 5.16 Å². The van der Waals surface area contributed by atoms with Crippen LogP contribution in [-0.2, 0) is 0 Å². The lowest BCUT2D eigenvalue weighted by Gasteiger charge is -2.03. The molecule has 0 spiro atoms. The van der Waals surface area contributed by atoms with Crippen LogP contribution >= 0.6 is 11.3 Å². The number of aromatic nitrogens is 2. The van der Waals surface area contributed by atoms with E-state index >= 15 is 0 Å². The van der Waals surface area contributed by atoms with Crippen molar-refractivity contribution in [3.63, 3.8) is 0 Å². The molecule has 0 unspecified atom stereocenters. The maximum atomic E-state index is 8.67. The van der Waals surface area contributed by atoms with E-state index in [9.17, 15) is 0 Å². The third-order valence-electron chi connectivity index (χ3n) is 2.34. The van der Waals surface area contributed by atoms with E-state index in [1.165, 1.54) is 0 Å². The lowest BCUT2D eigenvalue weighted by atomic mass is 10.4. The van der Waals surface area contributed by atoms with Crippen LogP contribution < -0.4 is 5.73 Å². The Bertz CT molecular complexity index is 521. The van der Waals surface area contributed by atoms with E-state index in [0.29, 0.717) is 5.69 Å². The van der Waals surface area contributed by atoms with Gasteiger partial charge in [-0.2, -0.15) is 0 Å². The highest BCUT2D eigenvalue weighted by Crippen LogP contribution is 2.22. The fraction of sp³-hybridized carbons (Fsp3) is 0.200. The van der Waals surface area contributed by atoms with Crippen LogP contribution in [0.1, 0.15) is 16.3 Å². The lowest BCUT2D eigenvalue weighted by Crippen LogP contribution is -2.17. The minimum Gasteiger partial charge on any atom is -0.409 e. The van der Waals surface area contributed by atoms with Gasteiger partial charge < -0.3 is 10.9 Å². The Hall–Kier alpha value is -1.82. The molecule has 3 N–H and O–H groups in total. The fourth-order valence-corrected chi connectivity index (χ4v) is 2.27. The van der Waals surface area contributed by atoms with Crippen LogP contribution in [-0.4, -0.2) is 20.6 Å². The number of nitrogens with zero attached hydrogens (tertiary/aromatic N) is 3. The van der Waals surface area contributed by atoms with Gasteiger partial charge in [0.05, 0.1) is 11.4 Å². The van der Waals surface area contributed by atoms with Crippen molar-refractivity contribution in [3.8, 4) is 5.13 Å². The van der Waals surface area contributed by atoms with E-state index in [1.54, 1.807) is 22.0 Å². The fourth-order valence-electron chi connectivity index (χ4n) is 1.37. The van der Waals surface area contributed by atoms with E-state index in [4.69, 9.17) is 10.9 Å². The Labute approximate surface area is 96.8 Å². The SMILES string of the molecule is Cc1nc(-n2cccc2/C(N)=N/O)sc1C. The second-order valence-corrected chi connectivity index (χ2v) is 4.57. The molecule has 6 heteroatoms. The molecule has 2 aromatic rings. The van der Waals surface area contributed by atoms with Crippen molar-refractivity contribution in [2.24, 2.45) is 10.9 Å². The summed E-state index contributed by atoms with van der Waals surface area (Å²) in [5.41, 5.74) is 7.21. The number of rotatable bonds is 2. The standard InChI is InChI=1S/C10H12N4OS/c1-6-7(2)16-10(12-6)14-5-3-4-8(14)9(11)13-15/h3-5,15H,1-2H3,(H2,11,13). The predicted molar refractivity (Wildman–Crippen MR) is 63.4 cm³/mol. The third kappa shape index (κ3) is 1.67. The largest absolute Gasteiger partial charge is 0.409 e. The summed E-state index contributed by atoms with van der Waals surface area (Å²) in [4.78, 5) is 5.58. The minimum absolute atomic E-state index is 0.0792. The van der Waals surface area contributed by atoms with Gasteiger partial charge in [-0.15, -0.1) is 11.3 Å². The average molecular weight is 236 g/mol. The Balaban J connectivity index is 2.52. The summed E-state index contributed by atoms with van der Waals surface area (Å²) < 4.78 is 1.81. The zero-order valence-corrected chi connectivity index (χ0v) is 9.82. The van der Waals surface area contributed by atoms with Crippen molar-refractivity contribution >= 4 is 17.2 Å². The van der Waals surface area contributed by atoms with Crippen molar-refractivity contribution in [1.82, 2.24) is 9.55 Å². The number of amidine groups is 1. The van der Waals surface area contributed by atoms with Gasteiger partial charge in [0.15, 0.2) is 11.0 Å². The molecule has 0 aliphatic rings. The zero-order chi connectivity index (χ0) is 11.7. The van der Waals surface area contributed by atoms with Crippen LogP contribution in [0.3, 0.4) is 0 Å². The number of hydrogen-bond acceptors (Lipinski definition) is 4. The molecule has 0 atom stereocenters. The zero-order valence-electron chi connectivity index (χ0n) is 9.01. The molecule has 2 rings (SSSR count). The van der Waals surface area contributed by atoms with Gasteiger partial charge in [-0.3, -0.25) is 4.57 Å². The molecule has 0 aromatic carbocycles. The van der Waals surface area contributed by atoms with Crippen LogP contribution in [0, 0.1) is 13.8 Å². The molecule has 5 nitrogen and oxygen atoms in total. The molecular formula is C10H12N4OS. The smallest absolute Gasteiger partial charge is 0.194 e. The topological polar surface area (TPSA) is 76.4 Å². The van der Waals surface area contributed by atoms with Gasteiger partial charge in [0.25, 0.3) is 0 Å². The summed E-state index contributed by atoms with van der Waals surface area (Å²) in [6, 6.07) is 3.61. The van der Waals surface area contributed by atoms with Crippen molar-refractivity contribution in [2.75, 3.05) is 0 Å². The van der Waals surface area contributed by atoms with E-state index in [0.717, 1.165) is 15.7 Å². The van der Waals surface area contributed by atoms with Gasteiger partial charge in [-0.05, 0) is 26.0 Å². The quantitative estimate of drug-likeness (QED) is 0.360. The van der Waals surface area contributed by atoms with Crippen molar-refractivity contribution in [1.29, 1.82) is 0 Å². The van der Waals surface area contributed by atoms with E-state index < -0.39 is 0 Å². The molecule has 0 radical (unpaired) electrons. The molecule has 0 saturated carbocycles. The second-order valence-electron chi connectivity index (χ2n) is 3.39. The Kier molecular flexibility index (Phi) is 2.66. The highest BCUT2D eigenvalue weighted by atomic mass is 32.1. The number of thiazole rings is 1. The molecule has 2 aromatic heterocycles. The summed E-state index contributed by atoms with van der Waals surface area (Å²) in [5.74, 6) is 0.0792. The molecule has 0 bridgehead atoms. The van der Waals surface area contributed by atoms with Gasteiger partial charge in [0, 0.05) is 11.1 Å². The first-order valence-electron chi connectivity index (χ1n) is 4.73. The number of hydrogen-bond donors (Lipinski definition) is 2. The molecule has 2 heterocycles. The van der Waals surface area contributed by atoms with Crippen LogP contribution in [0.15, 0.2) is 23.5 Å². The Morgan fingerprint density at radius 1 is 1.56 bits per heavy atom. The number of aryl methyl sites for hydroxylation is 2. The molecule has 0 aliphatic heterocycles. The van der Waals surface area contributed by atoms with Crippen LogP contribution in [0.5, 0.6) is 0 Å². The first kappa shape index (κ1) is 10.7. The molecule has 0 aliphatic carbocycles. The van der Waals surface area contributed by atoms with Crippen LogP contribution in [0.25, 0.3) is 5.13 Å². The lowest BCUT2D eigenvalue weighted by molar-refractivity contribution is 0.318. The van der Waals surface area contributed by atoms with Gasteiger partial charge >= 0.3 is 0 Å². The maximum absolute atomic E-state index is 8.67. The van der Waals surface area contributed by atoms with E-state index in [-0.39, 0.29) is 5.84 Å². The van der Waals surface area contributed by atoms with Crippen LogP contribution in [0.4, 0.5) is 0 Å². The average Bonchev–Trinajstić information content (AvgIpc) is 2.85. The van der Waals surface area contributed by atoms with Crippen molar-refractivity contribution < 1.29 is 5.21 Å². The van der Waals surface area contributed by atoms with Crippen LogP contribution in [0.2, 0.25) is 0 Å². The Morgan fingerprint density at radius 2 is 2.31 bits per heavy atom. The number of oxime groups is 1. The molecule has 0 fully saturated rings. The first-order chi connectivity index (χ1) is 7.63. The van der Waals surface area contributed by atoms with Gasteiger partial charge in [-0.25, -0.2) is 4.98 Å². The number of nitrogens with two attached hydrogens (primary N) is 1. The summed E-state index contributed by atoms with van der Waals surface area (Å²) in [6.45, 7) is 3.98. The molecule has 16 heavy (non-hydrogen) atoms. The molecular weight excluding hydrogens is 224 g/mol. The summed E-state index contributed by atoms with van der Waals surface area (Å²) in [6.07, 6.45) is 1.84. The monoisotopic (exact) mass is 236 g/mol. The molecule has 84 valence electrons. The van der Waals surface area contributed by atoms with Crippen molar-refractivity contribution in [2.45, 2.75) is 13.8 Å². The molecule has 0 amide bonds. The highest BCUT2D eigenvalue weighted by molar-refractivity contribution is 7.14. The van der Waals surface area contributed by atoms with Crippen molar-refractivity contribution in [3.05, 3.63) is 34.6 Å². The normalized spacial score (nSPS) is 12.0. The second kappa shape index (κ2) is 3.97. The minimum atomic E-state index is 0.0792. The van der Waals surface area contributed by atoms with Gasteiger partial charge in [0.2, 0.25) is 0 Å². The molecule has 0 saturated heterocycles. The van der Waals surface area contributed by atoms with E-state index in [2.05, 4.69) is 10.1 Å². The predicted octanol–water partition coefficient (Wildman–Crippen LogP) is 1.65. The summed E-state index contributed by atoms with van der Waals surface area (Å²) >= 11 is 1.57. The maximum Gasteiger partial charge on any atom is 0.194 e. The van der Waals surface area contributed by atoms with Gasteiger partial charge in [0.1, 0.15) is 0 Å². The summed E-state index contributed by atoms with van der Waals surface area (Å²) in [5, 5.41) is 12.5. The Morgan fingerprint density at radius 3 is 2.88 bits per heavy atom. The summed E-state index contributed by atoms with van der Waals surface area (Å²) in [7, 11) is 0. The first-order valence-corrected chi connectivity index (χ1v) is 5.54. The third-order valence-corrected chi connectivity index (χ3v) is 3.41. The highest BCUT2D eigenvalue weighted by Gasteiger charge is 2.11.